The second kappa shape index (κ2) is 7.60. The van der Waals surface area contributed by atoms with Gasteiger partial charge in [-0.25, -0.2) is 9.97 Å². The van der Waals surface area contributed by atoms with Crippen LogP contribution in [-0.2, 0) is 0 Å². The Morgan fingerprint density at radius 2 is 1.78 bits per heavy atom. The van der Waals surface area contributed by atoms with Crippen molar-refractivity contribution in [3.05, 3.63) is 83.4 Å². The average Bonchev–Trinajstić information content (AvgIpc) is 3.13. The summed E-state index contributed by atoms with van der Waals surface area (Å²) >= 11 is 1.54. The zero-order valence-corrected chi connectivity index (χ0v) is 16.0. The molecule has 1 N–H and O–H groups in total. The van der Waals surface area contributed by atoms with Gasteiger partial charge in [0.25, 0.3) is 0 Å². The molecule has 4 nitrogen and oxygen atoms in total. The van der Waals surface area contributed by atoms with E-state index in [1.54, 1.807) is 17.5 Å². The number of anilines is 2. The molecule has 4 rings (SSSR count). The zero-order valence-electron chi connectivity index (χ0n) is 15.1. The van der Waals surface area contributed by atoms with Crippen LogP contribution < -0.4 is 10.1 Å². The number of benzene rings is 2. The molecule has 27 heavy (non-hydrogen) atoms. The highest BCUT2D eigenvalue weighted by atomic mass is 32.1. The van der Waals surface area contributed by atoms with E-state index in [1.165, 1.54) is 5.56 Å². The van der Waals surface area contributed by atoms with Gasteiger partial charge in [0.05, 0.1) is 5.69 Å². The monoisotopic (exact) mass is 373 g/mol. The topological polar surface area (TPSA) is 47.0 Å². The molecule has 0 aliphatic carbocycles. The van der Waals surface area contributed by atoms with Crippen LogP contribution in [0.3, 0.4) is 0 Å². The molecule has 0 fully saturated rings. The average molecular weight is 373 g/mol. The number of aryl methyl sites for hydroxylation is 2. The quantitative estimate of drug-likeness (QED) is 0.442. The van der Waals surface area contributed by atoms with E-state index in [-0.39, 0.29) is 0 Å². The predicted molar refractivity (Wildman–Crippen MR) is 111 cm³/mol. The fraction of sp³-hybridized carbons (Fsp3) is 0.0909. The molecule has 4 aromatic rings. The number of hydrogen-bond acceptors (Lipinski definition) is 5. The predicted octanol–water partition coefficient (Wildman–Crippen LogP) is 6.36. The zero-order chi connectivity index (χ0) is 18.6. The van der Waals surface area contributed by atoms with Crippen LogP contribution in [0.1, 0.15) is 11.1 Å². The minimum atomic E-state index is 0.776. The van der Waals surface area contributed by atoms with Crippen LogP contribution in [0.2, 0.25) is 0 Å². The van der Waals surface area contributed by atoms with Crippen molar-refractivity contribution in [2.75, 3.05) is 5.32 Å². The number of rotatable bonds is 5. The molecule has 2 heterocycles. The lowest BCUT2D eigenvalue weighted by molar-refractivity contribution is 0.480. The van der Waals surface area contributed by atoms with Gasteiger partial charge in [0.1, 0.15) is 17.3 Å². The Morgan fingerprint density at radius 3 is 2.59 bits per heavy atom. The molecule has 134 valence electrons. The van der Waals surface area contributed by atoms with Crippen LogP contribution in [0.15, 0.2) is 72.2 Å². The lowest BCUT2D eigenvalue weighted by Gasteiger charge is -2.12. The summed E-state index contributed by atoms with van der Waals surface area (Å²) in [6.07, 6.45) is 1.75. The van der Waals surface area contributed by atoms with E-state index < -0.39 is 0 Å². The summed E-state index contributed by atoms with van der Waals surface area (Å²) in [5, 5.41) is 6.05. The van der Waals surface area contributed by atoms with Gasteiger partial charge in [0.15, 0.2) is 5.13 Å². The van der Waals surface area contributed by atoms with Gasteiger partial charge in [-0.3, -0.25) is 0 Å². The largest absolute Gasteiger partial charge is 0.456 e. The van der Waals surface area contributed by atoms with Gasteiger partial charge < -0.3 is 10.1 Å². The Hall–Kier alpha value is -3.18. The molecule has 0 aliphatic rings. The van der Waals surface area contributed by atoms with Gasteiger partial charge >= 0.3 is 0 Å². The summed E-state index contributed by atoms with van der Waals surface area (Å²) in [4.78, 5) is 8.98. The molecule has 0 atom stereocenters. The summed E-state index contributed by atoms with van der Waals surface area (Å²) in [5.41, 5.74) is 4.17. The van der Waals surface area contributed by atoms with Crippen molar-refractivity contribution in [1.29, 1.82) is 0 Å². The van der Waals surface area contributed by atoms with Crippen molar-refractivity contribution >= 4 is 22.3 Å². The number of hydrogen-bond donors (Lipinski definition) is 1. The molecule has 2 aromatic carbocycles. The van der Waals surface area contributed by atoms with E-state index in [0.717, 1.165) is 39.3 Å². The third-order valence-electron chi connectivity index (χ3n) is 4.12. The van der Waals surface area contributed by atoms with Crippen molar-refractivity contribution in [3.63, 3.8) is 0 Å². The first-order valence-corrected chi connectivity index (χ1v) is 9.55. The maximum atomic E-state index is 6.21. The molecule has 2 aromatic heterocycles. The first-order valence-electron chi connectivity index (χ1n) is 8.67. The van der Waals surface area contributed by atoms with Crippen LogP contribution in [0.25, 0.3) is 11.3 Å². The number of thiazole rings is 1. The van der Waals surface area contributed by atoms with E-state index in [9.17, 15) is 0 Å². The Kier molecular flexibility index (Phi) is 4.85. The van der Waals surface area contributed by atoms with Crippen molar-refractivity contribution in [1.82, 2.24) is 9.97 Å². The highest BCUT2D eigenvalue weighted by Crippen LogP contribution is 2.36. The standard InChI is InChI=1S/C22H19N3OS/c1-15-10-11-19(16(2)13-15)26-20-8-4-3-7-17(20)18-14-27-22(24-18)25-21-9-5-6-12-23-21/h3-14H,1-2H3,(H,23,24,25). The van der Waals surface area contributed by atoms with Gasteiger partial charge in [0, 0.05) is 17.1 Å². The van der Waals surface area contributed by atoms with Crippen molar-refractivity contribution < 1.29 is 4.74 Å². The minimum absolute atomic E-state index is 0.776. The Balaban J connectivity index is 1.61. The van der Waals surface area contributed by atoms with Crippen LogP contribution >= 0.6 is 11.3 Å². The van der Waals surface area contributed by atoms with Crippen molar-refractivity contribution in [2.24, 2.45) is 0 Å². The molecule has 5 heteroatoms. The molecule has 0 unspecified atom stereocenters. The normalized spacial score (nSPS) is 10.6. The van der Waals surface area contributed by atoms with Gasteiger partial charge in [-0.05, 0) is 49.7 Å². The van der Waals surface area contributed by atoms with Crippen LogP contribution in [0.4, 0.5) is 10.9 Å². The fourth-order valence-corrected chi connectivity index (χ4v) is 3.52. The Morgan fingerprint density at radius 1 is 0.926 bits per heavy atom. The number of ether oxygens (including phenoxy) is 1. The minimum Gasteiger partial charge on any atom is -0.456 e. The third kappa shape index (κ3) is 3.99. The second-order valence-electron chi connectivity index (χ2n) is 6.25. The highest BCUT2D eigenvalue weighted by Gasteiger charge is 2.12. The number of pyridine rings is 1. The van der Waals surface area contributed by atoms with E-state index in [2.05, 4.69) is 36.3 Å². The van der Waals surface area contributed by atoms with Crippen molar-refractivity contribution in [3.8, 4) is 22.8 Å². The lowest BCUT2D eigenvalue weighted by Crippen LogP contribution is -1.93. The number of para-hydroxylation sites is 1. The maximum absolute atomic E-state index is 6.21. The summed E-state index contributed by atoms with van der Waals surface area (Å²) < 4.78 is 6.21. The molecule has 0 saturated heterocycles. The lowest BCUT2D eigenvalue weighted by atomic mass is 10.1. The van der Waals surface area contributed by atoms with Gasteiger partial charge in [-0.2, -0.15) is 0 Å². The fourth-order valence-electron chi connectivity index (χ4n) is 2.80. The highest BCUT2D eigenvalue weighted by molar-refractivity contribution is 7.14. The first-order chi connectivity index (χ1) is 13.2. The van der Waals surface area contributed by atoms with E-state index in [0.29, 0.717) is 0 Å². The van der Waals surface area contributed by atoms with Crippen molar-refractivity contribution in [2.45, 2.75) is 13.8 Å². The third-order valence-corrected chi connectivity index (χ3v) is 4.88. The Bertz CT molecular complexity index is 1060. The maximum Gasteiger partial charge on any atom is 0.188 e. The summed E-state index contributed by atoms with van der Waals surface area (Å²) in [5.74, 6) is 2.42. The van der Waals surface area contributed by atoms with E-state index >= 15 is 0 Å². The molecular weight excluding hydrogens is 354 g/mol. The molecular formula is C22H19N3OS. The van der Waals surface area contributed by atoms with Crippen LogP contribution in [-0.4, -0.2) is 9.97 Å². The number of nitrogens with zero attached hydrogens (tertiary/aromatic N) is 2. The van der Waals surface area contributed by atoms with E-state index in [1.807, 2.05) is 53.9 Å². The molecule has 0 bridgehead atoms. The molecule has 0 saturated carbocycles. The first kappa shape index (κ1) is 17.2. The second-order valence-corrected chi connectivity index (χ2v) is 7.10. The summed E-state index contributed by atoms with van der Waals surface area (Å²) in [7, 11) is 0. The molecule has 0 spiro atoms. The summed E-state index contributed by atoms with van der Waals surface area (Å²) in [6, 6.07) is 19.9. The molecule has 0 aliphatic heterocycles. The molecule has 0 amide bonds. The van der Waals surface area contributed by atoms with Gasteiger partial charge in [0.2, 0.25) is 0 Å². The SMILES string of the molecule is Cc1ccc(Oc2ccccc2-c2csc(Nc3ccccn3)n2)c(C)c1. The Labute approximate surface area is 162 Å². The van der Waals surface area contributed by atoms with Gasteiger partial charge in [-0.15, -0.1) is 11.3 Å². The van der Waals surface area contributed by atoms with Crippen LogP contribution in [0, 0.1) is 13.8 Å². The van der Waals surface area contributed by atoms with E-state index in [4.69, 9.17) is 9.72 Å². The molecule has 0 radical (unpaired) electrons. The summed E-state index contributed by atoms with van der Waals surface area (Å²) in [6.45, 7) is 4.14. The van der Waals surface area contributed by atoms with Gasteiger partial charge in [-0.1, -0.05) is 35.9 Å². The smallest absolute Gasteiger partial charge is 0.188 e. The number of aromatic nitrogens is 2. The van der Waals surface area contributed by atoms with Crippen LogP contribution in [0.5, 0.6) is 11.5 Å². The number of nitrogens with one attached hydrogen (secondary N) is 1.